The number of hydrogen-bond acceptors (Lipinski definition) is 4. The largest absolute Gasteiger partial charge is 0.495 e. The summed E-state index contributed by atoms with van der Waals surface area (Å²) < 4.78 is 9.97. The van der Waals surface area contributed by atoms with E-state index in [-0.39, 0.29) is 5.97 Å². The van der Waals surface area contributed by atoms with E-state index < -0.39 is 0 Å². The molecule has 4 heteroatoms. The second-order valence-electron chi connectivity index (χ2n) is 2.95. The maximum Gasteiger partial charge on any atom is 0.308 e. The molecule has 0 bridgehead atoms. The predicted octanol–water partition coefficient (Wildman–Crippen LogP) is 1.51. The Hall–Kier alpha value is -1.71. The molecule has 0 unspecified atom stereocenters. The molecule has 0 fully saturated rings. The van der Waals surface area contributed by atoms with Gasteiger partial charge in [-0.25, -0.2) is 0 Å². The van der Waals surface area contributed by atoms with Gasteiger partial charge in [-0.1, -0.05) is 0 Å². The van der Waals surface area contributed by atoms with E-state index in [1.807, 2.05) is 6.92 Å². The quantitative estimate of drug-likeness (QED) is 0.441. The number of ether oxygens (including phenoxy) is 2. The molecule has 0 heterocycles. The van der Waals surface area contributed by atoms with Crippen molar-refractivity contribution in [2.75, 3.05) is 12.8 Å². The zero-order valence-electron chi connectivity index (χ0n) is 8.46. The van der Waals surface area contributed by atoms with Crippen LogP contribution in [-0.2, 0) is 4.79 Å². The van der Waals surface area contributed by atoms with Crippen molar-refractivity contribution in [2.45, 2.75) is 13.8 Å². The van der Waals surface area contributed by atoms with Crippen LogP contribution in [0, 0.1) is 6.92 Å². The van der Waals surface area contributed by atoms with Crippen LogP contribution in [0.25, 0.3) is 0 Å². The molecule has 0 atom stereocenters. The Morgan fingerprint density at radius 1 is 1.36 bits per heavy atom. The number of nitrogen functional groups attached to an aromatic ring is 1. The van der Waals surface area contributed by atoms with Crippen LogP contribution in [0.3, 0.4) is 0 Å². The monoisotopic (exact) mass is 195 g/mol. The zero-order valence-corrected chi connectivity index (χ0v) is 8.46. The van der Waals surface area contributed by atoms with Gasteiger partial charge in [0.1, 0.15) is 11.5 Å². The maximum absolute atomic E-state index is 10.7. The highest BCUT2D eigenvalue weighted by atomic mass is 16.5. The predicted molar refractivity (Wildman–Crippen MR) is 53.5 cm³/mol. The van der Waals surface area contributed by atoms with Gasteiger partial charge in [0.05, 0.1) is 12.8 Å². The number of benzene rings is 1. The zero-order chi connectivity index (χ0) is 10.7. The molecule has 1 rings (SSSR count). The van der Waals surface area contributed by atoms with E-state index in [1.54, 1.807) is 12.1 Å². The van der Waals surface area contributed by atoms with Gasteiger partial charge in [0.15, 0.2) is 0 Å². The number of anilines is 1. The minimum atomic E-state index is -0.363. The lowest BCUT2D eigenvalue weighted by Gasteiger charge is -2.09. The van der Waals surface area contributed by atoms with Crippen LogP contribution in [0.2, 0.25) is 0 Å². The topological polar surface area (TPSA) is 61.5 Å². The molecule has 0 amide bonds. The molecule has 0 radical (unpaired) electrons. The van der Waals surface area contributed by atoms with Crippen LogP contribution >= 0.6 is 0 Å². The second kappa shape index (κ2) is 4.00. The van der Waals surface area contributed by atoms with Crippen LogP contribution in [0.1, 0.15) is 12.5 Å². The first kappa shape index (κ1) is 10.4. The number of carbonyl (C=O) groups is 1. The molecule has 0 aliphatic carbocycles. The first-order chi connectivity index (χ1) is 6.54. The Balaban J connectivity index is 3.08. The minimum absolute atomic E-state index is 0.363. The van der Waals surface area contributed by atoms with Crippen molar-refractivity contribution in [3.63, 3.8) is 0 Å². The third-order valence-corrected chi connectivity index (χ3v) is 1.78. The van der Waals surface area contributed by atoms with Crippen LogP contribution < -0.4 is 15.2 Å². The first-order valence-corrected chi connectivity index (χ1v) is 4.17. The van der Waals surface area contributed by atoms with Gasteiger partial charge in [-0.2, -0.15) is 0 Å². The number of carbonyl (C=O) groups excluding carboxylic acids is 1. The average Bonchev–Trinajstić information content (AvgIpc) is 2.10. The number of rotatable bonds is 2. The van der Waals surface area contributed by atoms with Crippen molar-refractivity contribution in [2.24, 2.45) is 0 Å². The van der Waals surface area contributed by atoms with Gasteiger partial charge in [-0.3, -0.25) is 4.79 Å². The van der Waals surface area contributed by atoms with E-state index in [4.69, 9.17) is 15.2 Å². The molecule has 4 nitrogen and oxygen atoms in total. The molecule has 0 aromatic heterocycles. The third kappa shape index (κ3) is 2.16. The fourth-order valence-electron chi connectivity index (χ4n) is 1.12. The highest BCUT2D eigenvalue weighted by Gasteiger charge is 2.07. The lowest BCUT2D eigenvalue weighted by molar-refractivity contribution is -0.131. The van der Waals surface area contributed by atoms with Crippen LogP contribution in [0.5, 0.6) is 11.5 Å². The van der Waals surface area contributed by atoms with Crippen molar-refractivity contribution in [3.05, 3.63) is 17.7 Å². The normalized spacial score (nSPS) is 9.64. The Bertz CT molecular complexity index is 361. The van der Waals surface area contributed by atoms with E-state index >= 15 is 0 Å². The maximum atomic E-state index is 10.7. The van der Waals surface area contributed by atoms with Crippen LogP contribution in [0.4, 0.5) is 5.69 Å². The summed E-state index contributed by atoms with van der Waals surface area (Å²) in [5.74, 6) is 0.687. The lowest BCUT2D eigenvalue weighted by Crippen LogP contribution is -2.04. The van der Waals surface area contributed by atoms with E-state index in [2.05, 4.69) is 0 Å². The van der Waals surface area contributed by atoms with Crippen LogP contribution in [-0.4, -0.2) is 13.1 Å². The van der Waals surface area contributed by atoms with Gasteiger partial charge < -0.3 is 15.2 Å². The van der Waals surface area contributed by atoms with Crippen molar-refractivity contribution >= 4 is 11.7 Å². The molecular formula is C10H13NO3. The third-order valence-electron chi connectivity index (χ3n) is 1.78. The van der Waals surface area contributed by atoms with Crippen molar-refractivity contribution in [1.29, 1.82) is 0 Å². The van der Waals surface area contributed by atoms with Gasteiger partial charge >= 0.3 is 5.97 Å². The van der Waals surface area contributed by atoms with Gasteiger partial charge in [-0.05, 0) is 18.6 Å². The Kier molecular flexibility index (Phi) is 2.96. The number of aryl methyl sites for hydroxylation is 1. The summed E-state index contributed by atoms with van der Waals surface area (Å²) in [6.07, 6.45) is 0. The van der Waals surface area contributed by atoms with E-state index in [0.717, 1.165) is 5.56 Å². The molecule has 14 heavy (non-hydrogen) atoms. The molecule has 0 saturated carbocycles. The molecule has 0 saturated heterocycles. The standard InChI is InChI=1S/C10H13NO3/c1-6-4-10(13-3)8(11)5-9(6)14-7(2)12/h4-5H,11H2,1-3H3. The van der Waals surface area contributed by atoms with Crippen LogP contribution in [0.15, 0.2) is 12.1 Å². The summed E-state index contributed by atoms with van der Waals surface area (Å²) in [5, 5.41) is 0. The molecule has 1 aromatic carbocycles. The Labute approximate surface area is 82.6 Å². The smallest absolute Gasteiger partial charge is 0.308 e. The molecule has 1 aromatic rings. The fourth-order valence-corrected chi connectivity index (χ4v) is 1.12. The number of methoxy groups -OCH3 is 1. The number of nitrogens with two attached hydrogens (primary N) is 1. The summed E-state index contributed by atoms with van der Waals surface area (Å²) in [4.78, 5) is 10.7. The van der Waals surface area contributed by atoms with E-state index in [0.29, 0.717) is 17.2 Å². The summed E-state index contributed by atoms with van der Waals surface area (Å²) in [5.41, 5.74) is 6.92. The number of esters is 1. The molecule has 0 spiro atoms. The summed E-state index contributed by atoms with van der Waals surface area (Å²) in [6, 6.07) is 3.31. The molecule has 0 aliphatic heterocycles. The minimum Gasteiger partial charge on any atom is -0.495 e. The highest BCUT2D eigenvalue weighted by Crippen LogP contribution is 2.30. The first-order valence-electron chi connectivity index (χ1n) is 4.17. The van der Waals surface area contributed by atoms with Gasteiger partial charge in [0, 0.05) is 13.0 Å². The fraction of sp³-hybridized carbons (Fsp3) is 0.300. The average molecular weight is 195 g/mol. The summed E-state index contributed by atoms with van der Waals surface area (Å²) in [7, 11) is 1.54. The lowest BCUT2D eigenvalue weighted by atomic mass is 10.2. The van der Waals surface area contributed by atoms with Crippen molar-refractivity contribution in [1.82, 2.24) is 0 Å². The van der Waals surface area contributed by atoms with E-state index in [1.165, 1.54) is 14.0 Å². The summed E-state index contributed by atoms with van der Waals surface area (Å²) >= 11 is 0. The second-order valence-corrected chi connectivity index (χ2v) is 2.95. The SMILES string of the molecule is COc1cc(C)c(OC(C)=O)cc1N. The molecule has 2 N–H and O–H groups in total. The van der Waals surface area contributed by atoms with Gasteiger partial charge in [-0.15, -0.1) is 0 Å². The Morgan fingerprint density at radius 2 is 2.00 bits per heavy atom. The Morgan fingerprint density at radius 3 is 2.50 bits per heavy atom. The van der Waals surface area contributed by atoms with E-state index in [9.17, 15) is 4.79 Å². The van der Waals surface area contributed by atoms with Crippen molar-refractivity contribution < 1.29 is 14.3 Å². The van der Waals surface area contributed by atoms with Crippen molar-refractivity contribution in [3.8, 4) is 11.5 Å². The molecule has 0 aliphatic rings. The number of hydrogen-bond donors (Lipinski definition) is 1. The molecule has 76 valence electrons. The molecular weight excluding hydrogens is 182 g/mol. The summed E-state index contributed by atoms with van der Waals surface area (Å²) in [6.45, 7) is 3.17. The highest BCUT2D eigenvalue weighted by molar-refractivity contribution is 5.71. The van der Waals surface area contributed by atoms with Gasteiger partial charge in [0.25, 0.3) is 0 Å². The van der Waals surface area contributed by atoms with Gasteiger partial charge in [0.2, 0.25) is 0 Å².